The number of fused-ring (bicyclic) bond motifs is 4. The second kappa shape index (κ2) is 4.57. The molecule has 0 aliphatic heterocycles. The summed E-state index contributed by atoms with van der Waals surface area (Å²) in [6.07, 6.45) is 0. The largest absolute Gasteiger partial charge is 0.436 e. The molecule has 5 rings (SSSR count). The molecule has 0 spiro atoms. The standard InChI is InChI=1S/C22H17NO/c1-22(2)17-11-7-6-10-15(17)16-12-20-19(13-18(16)22)23-21(24-20)14-8-4-3-5-9-14/h3-13H,1-2H3. The molecule has 0 radical (unpaired) electrons. The molecular weight excluding hydrogens is 294 g/mol. The van der Waals surface area contributed by atoms with Crippen LogP contribution in [0.2, 0.25) is 0 Å². The van der Waals surface area contributed by atoms with Crippen LogP contribution in [0.1, 0.15) is 25.0 Å². The summed E-state index contributed by atoms with van der Waals surface area (Å²) >= 11 is 0. The highest BCUT2D eigenvalue weighted by molar-refractivity contribution is 5.90. The summed E-state index contributed by atoms with van der Waals surface area (Å²) in [5, 5.41) is 0. The molecule has 1 aliphatic rings. The number of oxazole rings is 1. The molecular formula is C22H17NO. The Morgan fingerprint density at radius 3 is 2.38 bits per heavy atom. The Balaban J connectivity index is 1.77. The maximum Gasteiger partial charge on any atom is 0.227 e. The van der Waals surface area contributed by atoms with Crippen LogP contribution in [0.3, 0.4) is 0 Å². The normalized spacial score (nSPS) is 14.6. The van der Waals surface area contributed by atoms with Gasteiger partial charge in [0, 0.05) is 11.0 Å². The second-order valence-electron chi connectivity index (χ2n) is 6.92. The van der Waals surface area contributed by atoms with Crippen molar-refractivity contribution in [2.45, 2.75) is 19.3 Å². The summed E-state index contributed by atoms with van der Waals surface area (Å²) in [6.45, 7) is 4.56. The van der Waals surface area contributed by atoms with Crippen LogP contribution in [0.15, 0.2) is 71.1 Å². The Morgan fingerprint density at radius 2 is 1.54 bits per heavy atom. The van der Waals surface area contributed by atoms with Crippen molar-refractivity contribution < 1.29 is 4.42 Å². The van der Waals surface area contributed by atoms with Gasteiger partial charge >= 0.3 is 0 Å². The third-order valence-corrected chi connectivity index (χ3v) is 5.11. The van der Waals surface area contributed by atoms with E-state index in [1.54, 1.807) is 0 Å². The third-order valence-electron chi connectivity index (χ3n) is 5.11. The van der Waals surface area contributed by atoms with E-state index in [1.807, 2.05) is 30.3 Å². The molecule has 0 fully saturated rings. The Bertz CT molecular complexity index is 1070. The minimum absolute atomic E-state index is 0.00796. The lowest BCUT2D eigenvalue weighted by atomic mass is 9.82. The van der Waals surface area contributed by atoms with E-state index < -0.39 is 0 Å². The fourth-order valence-corrected chi connectivity index (χ4v) is 3.83. The van der Waals surface area contributed by atoms with Gasteiger partial charge in [-0.15, -0.1) is 0 Å². The van der Waals surface area contributed by atoms with Crippen molar-refractivity contribution in [1.29, 1.82) is 0 Å². The lowest BCUT2D eigenvalue weighted by molar-refractivity contribution is 0.619. The molecule has 24 heavy (non-hydrogen) atoms. The highest BCUT2D eigenvalue weighted by Gasteiger charge is 2.35. The number of benzene rings is 3. The summed E-state index contributed by atoms with van der Waals surface area (Å²) in [7, 11) is 0. The van der Waals surface area contributed by atoms with Gasteiger partial charge < -0.3 is 4.42 Å². The molecule has 1 heterocycles. The number of hydrogen-bond donors (Lipinski definition) is 0. The Labute approximate surface area is 140 Å². The average molecular weight is 311 g/mol. The van der Waals surface area contributed by atoms with Gasteiger partial charge in [0.1, 0.15) is 5.52 Å². The Morgan fingerprint density at radius 1 is 0.792 bits per heavy atom. The van der Waals surface area contributed by atoms with E-state index in [0.717, 1.165) is 16.7 Å². The van der Waals surface area contributed by atoms with Crippen molar-refractivity contribution >= 4 is 11.1 Å². The molecule has 116 valence electrons. The molecule has 0 saturated carbocycles. The van der Waals surface area contributed by atoms with Crippen molar-refractivity contribution in [2.24, 2.45) is 0 Å². The van der Waals surface area contributed by atoms with Crippen LogP contribution in [0, 0.1) is 0 Å². The summed E-state index contributed by atoms with van der Waals surface area (Å²) in [5.41, 5.74) is 8.03. The smallest absolute Gasteiger partial charge is 0.227 e. The number of hydrogen-bond acceptors (Lipinski definition) is 2. The van der Waals surface area contributed by atoms with E-state index in [1.165, 1.54) is 22.3 Å². The number of aromatic nitrogens is 1. The van der Waals surface area contributed by atoms with Crippen molar-refractivity contribution in [1.82, 2.24) is 4.98 Å². The summed E-state index contributed by atoms with van der Waals surface area (Å²) < 4.78 is 6.05. The monoisotopic (exact) mass is 311 g/mol. The highest BCUT2D eigenvalue weighted by atomic mass is 16.3. The minimum atomic E-state index is -0.00796. The number of rotatable bonds is 1. The fourth-order valence-electron chi connectivity index (χ4n) is 3.83. The minimum Gasteiger partial charge on any atom is -0.436 e. The van der Waals surface area contributed by atoms with E-state index in [4.69, 9.17) is 9.40 Å². The maximum absolute atomic E-state index is 6.05. The number of nitrogens with zero attached hydrogens (tertiary/aromatic N) is 1. The van der Waals surface area contributed by atoms with E-state index in [0.29, 0.717) is 5.89 Å². The van der Waals surface area contributed by atoms with Gasteiger partial charge in [0.15, 0.2) is 5.58 Å². The SMILES string of the molecule is CC1(C)c2ccccc2-c2cc3oc(-c4ccccc4)nc3cc21. The van der Waals surface area contributed by atoms with E-state index >= 15 is 0 Å². The van der Waals surface area contributed by atoms with E-state index in [-0.39, 0.29) is 5.41 Å². The summed E-state index contributed by atoms with van der Waals surface area (Å²) in [5.74, 6) is 0.681. The molecule has 0 unspecified atom stereocenters. The van der Waals surface area contributed by atoms with Crippen LogP contribution in [-0.2, 0) is 5.41 Å². The summed E-state index contributed by atoms with van der Waals surface area (Å²) in [6, 6.07) is 23.0. The molecule has 4 aromatic rings. The van der Waals surface area contributed by atoms with Gasteiger partial charge in [0.05, 0.1) is 0 Å². The molecule has 2 nitrogen and oxygen atoms in total. The van der Waals surface area contributed by atoms with Crippen molar-refractivity contribution in [2.75, 3.05) is 0 Å². The lowest BCUT2D eigenvalue weighted by Crippen LogP contribution is -2.14. The Kier molecular flexibility index (Phi) is 2.58. The first kappa shape index (κ1) is 13.6. The molecule has 0 saturated heterocycles. The van der Waals surface area contributed by atoms with Crippen molar-refractivity contribution in [3.63, 3.8) is 0 Å². The Hall–Kier alpha value is -2.87. The van der Waals surface area contributed by atoms with Gasteiger partial charge in [-0.05, 0) is 46.5 Å². The van der Waals surface area contributed by atoms with Gasteiger partial charge in [-0.3, -0.25) is 0 Å². The van der Waals surface area contributed by atoms with Crippen LogP contribution in [-0.4, -0.2) is 4.98 Å². The van der Waals surface area contributed by atoms with Gasteiger partial charge in [-0.25, -0.2) is 4.98 Å². The van der Waals surface area contributed by atoms with Gasteiger partial charge in [-0.1, -0.05) is 56.3 Å². The molecule has 2 heteroatoms. The molecule has 3 aromatic carbocycles. The zero-order chi connectivity index (χ0) is 16.3. The first-order valence-corrected chi connectivity index (χ1v) is 8.25. The van der Waals surface area contributed by atoms with Crippen LogP contribution in [0.25, 0.3) is 33.7 Å². The molecule has 1 aliphatic carbocycles. The predicted octanol–water partition coefficient (Wildman–Crippen LogP) is 5.80. The fraction of sp³-hybridized carbons (Fsp3) is 0.136. The highest BCUT2D eigenvalue weighted by Crippen LogP contribution is 2.49. The molecule has 0 amide bonds. The first-order chi connectivity index (χ1) is 11.6. The molecule has 0 N–H and O–H groups in total. The first-order valence-electron chi connectivity index (χ1n) is 8.25. The third kappa shape index (κ3) is 1.74. The zero-order valence-corrected chi connectivity index (χ0v) is 13.7. The van der Waals surface area contributed by atoms with Gasteiger partial charge in [0.25, 0.3) is 0 Å². The van der Waals surface area contributed by atoms with Gasteiger partial charge in [-0.2, -0.15) is 0 Å². The van der Waals surface area contributed by atoms with Crippen LogP contribution in [0.4, 0.5) is 0 Å². The molecule has 1 aromatic heterocycles. The van der Waals surface area contributed by atoms with Gasteiger partial charge in [0.2, 0.25) is 5.89 Å². The predicted molar refractivity (Wildman–Crippen MR) is 97.0 cm³/mol. The zero-order valence-electron chi connectivity index (χ0n) is 13.7. The molecule has 0 bridgehead atoms. The van der Waals surface area contributed by atoms with E-state index in [2.05, 4.69) is 50.2 Å². The lowest BCUT2D eigenvalue weighted by Gasteiger charge is -2.21. The topological polar surface area (TPSA) is 26.0 Å². The van der Waals surface area contributed by atoms with Crippen LogP contribution < -0.4 is 0 Å². The van der Waals surface area contributed by atoms with Crippen LogP contribution in [0.5, 0.6) is 0 Å². The molecule has 0 atom stereocenters. The van der Waals surface area contributed by atoms with Crippen LogP contribution >= 0.6 is 0 Å². The van der Waals surface area contributed by atoms with E-state index in [9.17, 15) is 0 Å². The quantitative estimate of drug-likeness (QED) is 0.444. The second-order valence-corrected chi connectivity index (χ2v) is 6.92. The van der Waals surface area contributed by atoms with Crippen molar-refractivity contribution in [3.8, 4) is 22.6 Å². The summed E-state index contributed by atoms with van der Waals surface area (Å²) in [4.78, 5) is 4.72. The average Bonchev–Trinajstić information content (AvgIpc) is 3.12. The maximum atomic E-state index is 6.05. The van der Waals surface area contributed by atoms with Crippen molar-refractivity contribution in [3.05, 3.63) is 77.9 Å².